The second kappa shape index (κ2) is 9.26. The highest BCUT2D eigenvalue weighted by Gasteiger charge is 2.67. The molecule has 0 amide bonds. The third-order valence-corrected chi connectivity index (χ3v) is 5.68. The van der Waals surface area contributed by atoms with Crippen LogP contribution in [0.4, 0.5) is 0 Å². The van der Waals surface area contributed by atoms with Crippen molar-refractivity contribution in [3.63, 3.8) is 0 Å². The maximum atomic E-state index is 12.5. The van der Waals surface area contributed by atoms with Gasteiger partial charge in [0.05, 0.1) is 18.8 Å². The van der Waals surface area contributed by atoms with E-state index < -0.39 is 35.9 Å². The van der Waals surface area contributed by atoms with Gasteiger partial charge in [-0.05, 0) is 31.4 Å². The van der Waals surface area contributed by atoms with E-state index in [4.69, 9.17) is 23.7 Å². The quantitative estimate of drug-likeness (QED) is 0.249. The number of rotatable bonds is 8. The standard InChI is InChI=1S/C23H30O8/c1-6-14(4)8-20(26)30-18-9-17-16(10-27-15(5)24)11-28-22(21(17)23(18)12-29-23)31-19(25)7-13(2)3/h7,9,11,14,18,21-22H,6,8,10,12H2,1-5H3/t14?,18-,21+,22-,23+/m0/s1. The fraction of sp³-hybridized carbons (Fsp3) is 0.609. The Bertz CT molecular complexity index is 829. The van der Waals surface area contributed by atoms with Crippen molar-refractivity contribution < 1.29 is 38.1 Å². The lowest BCUT2D eigenvalue weighted by molar-refractivity contribution is -0.180. The lowest BCUT2D eigenvalue weighted by Gasteiger charge is -2.33. The minimum Gasteiger partial charge on any atom is -0.461 e. The molecule has 0 aromatic heterocycles. The first-order chi connectivity index (χ1) is 14.7. The van der Waals surface area contributed by atoms with Gasteiger partial charge in [-0.2, -0.15) is 0 Å². The van der Waals surface area contributed by atoms with Crippen LogP contribution in [0.3, 0.4) is 0 Å². The van der Waals surface area contributed by atoms with Gasteiger partial charge in [0.15, 0.2) is 6.10 Å². The monoisotopic (exact) mass is 434 g/mol. The minimum atomic E-state index is -0.948. The molecule has 5 atom stereocenters. The number of allylic oxidation sites excluding steroid dienone is 1. The van der Waals surface area contributed by atoms with Crippen LogP contribution in [0.1, 0.15) is 47.5 Å². The number of esters is 3. The summed E-state index contributed by atoms with van der Waals surface area (Å²) >= 11 is 0. The van der Waals surface area contributed by atoms with Crippen molar-refractivity contribution >= 4 is 17.9 Å². The summed E-state index contributed by atoms with van der Waals surface area (Å²) in [6, 6.07) is 0. The van der Waals surface area contributed by atoms with E-state index in [0.29, 0.717) is 18.6 Å². The predicted octanol–water partition coefficient (Wildman–Crippen LogP) is 2.97. The fourth-order valence-corrected chi connectivity index (χ4v) is 3.78. The van der Waals surface area contributed by atoms with Gasteiger partial charge < -0.3 is 23.7 Å². The zero-order valence-electron chi connectivity index (χ0n) is 18.6. The summed E-state index contributed by atoms with van der Waals surface area (Å²) in [5.74, 6) is -1.56. The molecule has 0 aromatic rings. The van der Waals surface area contributed by atoms with Gasteiger partial charge in [0.1, 0.15) is 12.2 Å². The third kappa shape index (κ3) is 5.18. The van der Waals surface area contributed by atoms with Gasteiger partial charge in [0.2, 0.25) is 0 Å². The van der Waals surface area contributed by atoms with E-state index in [2.05, 4.69) is 0 Å². The number of epoxide rings is 1. The molecule has 0 aromatic carbocycles. The Balaban J connectivity index is 1.84. The number of ether oxygens (including phenoxy) is 5. The average Bonchev–Trinajstić information content (AvgIpc) is 3.40. The van der Waals surface area contributed by atoms with Crippen LogP contribution in [0.15, 0.2) is 35.1 Å². The van der Waals surface area contributed by atoms with Crippen molar-refractivity contribution in [1.29, 1.82) is 0 Å². The van der Waals surface area contributed by atoms with Crippen LogP contribution in [0.2, 0.25) is 0 Å². The summed E-state index contributed by atoms with van der Waals surface area (Å²) in [4.78, 5) is 36.0. The highest BCUT2D eigenvalue weighted by Crippen LogP contribution is 2.54. The molecule has 0 bridgehead atoms. The zero-order chi connectivity index (χ0) is 22.8. The van der Waals surface area contributed by atoms with Crippen LogP contribution in [0, 0.1) is 11.8 Å². The molecule has 2 heterocycles. The molecule has 1 spiro atoms. The van der Waals surface area contributed by atoms with Crippen molar-refractivity contribution in [2.45, 2.75) is 65.5 Å². The normalized spacial score (nSPS) is 29.0. The number of hydrogen-bond acceptors (Lipinski definition) is 8. The summed E-state index contributed by atoms with van der Waals surface area (Å²) in [6.45, 7) is 9.24. The SMILES string of the molecule is CCC(C)CC(=O)O[C@H]1C=C2C(COC(C)=O)=CO[C@@H](OC(=O)C=C(C)C)[C@@H]2[C@@]12CO2. The molecule has 170 valence electrons. The maximum Gasteiger partial charge on any atom is 0.333 e. The maximum absolute atomic E-state index is 12.5. The van der Waals surface area contributed by atoms with Gasteiger partial charge >= 0.3 is 17.9 Å². The first kappa shape index (κ1) is 23.1. The molecule has 0 radical (unpaired) electrons. The Labute approximate surface area is 182 Å². The summed E-state index contributed by atoms with van der Waals surface area (Å²) < 4.78 is 27.9. The van der Waals surface area contributed by atoms with Gasteiger partial charge in [0.25, 0.3) is 6.29 Å². The van der Waals surface area contributed by atoms with Crippen LogP contribution >= 0.6 is 0 Å². The van der Waals surface area contributed by atoms with Gasteiger partial charge in [-0.15, -0.1) is 0 Å². The Hall–Kier alpha value is -2.61. The minimum absolute atomic E-state index is 0.00405. The van der Waals surface area contributed by atoms with E-state index >= 15 is 0 Å². The van der Waals surface area contributed by atoms with E-state index in [1.54, 1.807) is 19.9 Å². The van der Waals surface area contributed by atoms with Crippen molar-refractivity contribution in [1.82, 2.24) is 0 Å². The number of carbonyl (C=O) groups excluding carboxylic acids is 3. The van der Waals surface area contributed by atoms with Crippen molar-refractivity contribution in [3.05, 3.63) is 35.1 Å². The Morgan fingerprint density at radius 1 is 1.26 bits per heavy atom. The molecule has 0 N–H and O–H groups in total. The molecule has 31 heavy (non-hydrogen) atoms. The van der Waals surface area contributed by atoms with Crippen LogP contribution < -0.4 is 0 Å². The molecule has 1 aliphatic carbocycles. The molecule has 1 unspecified atom stereocenters. The van der Waals surface area contributed by atoms with Gasteiger partial charge in [-0.1, -0.05) is 25.8 Å². The third-order valence-electron chi connectivity index (χ3n) is 5.68. The lowest BCUT2D eigenvalue weighted by atomic mass is 9.85. The Kier molecular flexibility index (Phi) is 6.89. The first-order valence-corrected chi connectivity index (χ1v) is 10.5. The van der Waals surface area contributed by atoms with Crippen molar-refractivity contribution in [2.24, 2.45) is 11.8 Å². The Morgan fingerprint density at radius 2 is 1.97 bits per heavy atom. The topological polar surface area (TPSA) is 101 Å². The molecular formula is C23H30O8. The summed E-state index contributed by atoms with van der Waals surface area (Å²) in [5.41, 5.74) is 1.29. The van der Waals surface area contributed by atoms with Gasteiger partial charge in [-0.25, -0.2) is 4.79 Å². The molecule has 3 aliphatic rings. The molecule has 0 saturated carbocycles. The molecular weight excluding hydrogens is 404 g/mol. The highest BCUT2D eigenvalue weighted by molar-refractivity contribution is 5.82. The lowest BCUT2D eigenvalue weighted by Crippen LogP contribution is -2.44. The predicted molar refractivity (Wildman–Crippen MR) is 109 cm³/mol. The number of fused-ring (bicyclic) bond motifs is 2. The number of hydrogen-bond donors (Lipinski definition) is 0. The molecule has 8 heteroatoms. The highest BCUT2D eigenvalue weighted by atomic mass is 16.7. The second-order valence-corrected chi connectivity index (χ2v) is 8.56. The average molecular weight is 434 g/mol. The van der Waals surface area contributed by atoms with E-state index in [1.807, 2.05) is 13.8 Å². The largest absolute Gasteiger partial charge is 0.461 e. The summed E-state index contributed by atoms with van der Waals surface area (Å²) in [5, 5.41) is 0. The summed E-state index contributed by atoms with van der Waals surface area (Å²) in [7, 11) is 0. The van der Waals surface area contributed by atoms with Crippen LogP contribution in [-0.4, -0.2) is 49.1 Å². The van der Waals surface area contributed by atoms with E-state index in [-0.39, 0.29) is 18.5 Å². The molecule has 1 saturated heterocycles. The summed E-state index contributed by atoms with van der Waals surface area (Å²) in [6.07, 6.45) is 4.19. The van der Waals surface area contributed by atoms with Gasteiger partial charge in [0, 0.05) is 25.0 Å². The van der Waals surface area contributed by atoms with Crippen molar-refractivity contribution in [3.8, 4) is 0 Å². The Morgan fingerprint density at radius 3 is 2.55 bits per heavy atom. The molecule has 3 rings (SSSR count). The molecule has 2 aliphatic heterocycles. The van der Waals surface area contributed by atoms with Gasteiger partial charge in [-0.3, -0.25) is 9.59 Å². The first-order valence-electron chi connectivity index (χ1n) is 10.5. The van der Waals surface area contributed by atoms with Crippen molar-refractivity contribution in [2.75, 3.05) is 13.2 Å². The van der Waals surface area contributed by atoms with E-state index in [1.165, 1.54) is 19.3 Å². The molecule has 1 fully saturated rings. The fourth-order valence-electron chi connectivity index (χ4n) is 3.78. The van der Waals surface area contributed by atoms with Crippen LogP contribution in [-0.2, 0) is 38.1 Å². The van der Waals surface area contributed by atoms with Crippen LogP contribution in [0.25, 0.3) is 0 Å². The smallest absolute Gasteiger partial charge is 0.333 e. The second-order valence-electron chi connectivity index (χ2n) is 8.56. The number of carbonyl (C=O) groups is 3. The van der Waals surface area contributed by atoms with E-state index in [9.17, 15) is 14.4 Å². The van der Waals surface area contributed by atoms with Crippen LogP contribution in [0.5, 0.6) is 0 Å². The molecule has 8 nitrogen and oxygen atoms in total. The zero-order valence-corrected chi connectivity index (χ0v) is 18.6. The van der Waals surface area contributed by atoms with E-state index in [0.717, 1.165) is 17.6 Å².